The van der Waals surface area contributed by atoms with E-state index in [1.165, 1.54) is 0 Å². The third kappa shape index (κ3) is 4.17. The van der Waals surface area contributed by atoms with Crippen LogP contribution in [0, 0.1) is 20.8 Å². The van der Waals surface area contributed by atoms with Crippen molar-refractivity contribution in [2.24, 2.45) is 0 Å². The molecule has 2 aromatic heterocycles. The Balaban J connectivity index is 1.71. The van der Waals surface area contributed by atoms with E-state index in [1.54, 1.807) is 18.3 Å². The number of nitrogens with zero attached hydrogens (tertiary/aromatic N) is 3. The lowest BCUT2D eigenvalue weighted by Gasteiger charge is -2.09. The molecule has 0 unspecified atom stereocenters. The summed E-state index contributed by atoms with van der Waals surface area (Å²) in [6.07, 6.45) is 1.65. The zero-order chi connectivity index (χ0) is 17.8. The first-order valence-electron chi connectivity index (χ1n) is 7.93. The molecule has 0 saturated heterocycles. The molecular weight excluding hydrogens is 314 g/mol. The van der Waals surface area contributed by atoms with Crippen molar-refractivity contribution in [3.63, 3.8) is 0 Å². The minimum Gasteiger partial charge on any atom is -0.324 e. The summed E-state index contributed by atoms with van der Waals surface area (Å²) in [5.74, 6) is 0.910. The number of aryl methyl sites for hydroxylation is 3. The van der Waals surface area contributed by atoms with Crippen LogP contribution in [0.25, 0.3) is 0 Å². The maximum atomic E-state index is 12.3. The molecule has 0 saturated carbocycles. The number of pyridine rings is 1. The molecule has 0 aliphatic heterocycles. The second kappa shape index (κ2) is 7.09. The lowest BCUT2D eigenvalue weighted by atomic mass is 10.2. The molecule has 0 aliphatic carbocycles. The first-order valence-corrected chi connectivity index (χ1v) is 7.93. The maximum absolute atomic E-state index is 12.3. The largest absolute Gasteiger partial charge is 0.324 e. The van der Waals surface area contributed by atoms with Crippen LogP contribution in [0.2, 0.25) is 0 Å². The number of carbonyl (C=O) groups excluding carboxylic acids is 1. The monoisotopic (exact) mass is 333 g/mol. The van der Waals surface area contributed by atoms with E-state index in [9.17, 15) is 4.79 Å². The highest BCUT2D eigenvalue weighted by Crippen LogP contribution is 2.16. The van der Waals surface area contributed by atoms with Gasteiger partial charge < -0.3 is 10.6 Å². The average molecular weight is 333 g/mol. The van der Waals surface area contributed by atoms with Crippen LogP contribution in [0.15, 0.2) is 48.7 Å². The number of benzene rings is 1. The van der Waals surface area contributed by atoms with Crippen LogP contribution in [0.3, 0.4) is 0 Å². The highest BCUT2D eigenvalue weighted by Gasteiger charge is 2.08. The summed E-state index contributed by atoms with van der Waals surface area (Å²) in [6, 6.07) is 12.8. The number of anilines is 3. The summed E-state index contributed by atoms with van der Waals surface area (Å²) in [6.45, 7) is 5.75. The number of hydrogen-bond donors (Lipinski definition) is 2. The normalized spacial score (nSPS) is 10.4. The van der Waals surface area contributed by atoms with E-state index in [0.29, 0.717) is 17.3 Å². The topological polar surface area (TPSA) is 79.8 Å². The Hall–Kier alpha value is -3.28. The second-order valence-corrected chi connectivity index (χ2v) is 5.80. The molecule has 1 aromatic carbocycles. The number of aromatic nitrogens is 3. The van der Waals surface area contributed by atoms with Gasteiger partial charge in [0.2, 0.25) is 5.95 Å². The number of carbonyl (C=O) groups is 1. The fraction of sp³-hybridized carbons (Fsp3) is 0.158. The smallest absolute Gasteiger partial charge is 0.256 e. The van der Waals surface area contributed by atoms with Crippen molar-refractivity contribution in [3.8, 4) is 0 Å². The number of hydrogen-bond acceptors (Lipinski definition) is 5. The molecule has 0 atom stereocenters. The van der Waals surface area contributed by atoms with Crippen LogP contribution < -0.4 is 10.6 Å². The van der Waals surface area contributed by atoms with Crippen LogP contribution >= 0.6 is 0 Å². The maximum Gasteiger partial charge on any atom is 0.256 e. The van der Waals surface area contributed by atoms with Gasteiger partial charge in [-0.25, -0.2) is 15.0 Å². The molecule has 0 bridgehead atoms. The van der Waals surface area contributed by atoms with Crippen LogP contribution in [0.5, 0.6) is 0 Å². The summed E-state index contributed by atoms with van der Waals surface area (Å²) >= 11 is 0. The van der Waals surface area contributed by atoms with Gasteiger partial charge in [-0.05, 0) is 62.7 Å². The van der Waals surface area contributed by atoms with Crippen molar-refractivity contribution in [2.45, 2.75) is 20.8 Å². The van der Waals surface area contributed by atoms with Crippen molar-refractivity contribution >= 4 is 23.4 Å². The molecule has 2 heterocycles. The Kier molecular flexibility index (Phi) is 4.70. The molecule has 0 spiro atoms. The zero-order valence-corrected chi connectivity index (χ0v) is 14.4. The molecule has 3 aromatic rings. The van der Waals surface area contributed by atoms with Gasteiger partial charge >= 0.3 is 0 Å². The Bertz CT molecular complexity index is 886. The summed E-state index contributed by atoms with van der Waals surface area (Å²) in [5, 5.41) is 5.96. The summed E-state index contributed by atoms with van der Waals surface area (Å²) < 4.78 is 0. The van der Waals surface area contributed by atoms with Gasteiger partial charge in [0, 0.05) is 28.8 Å². The van der Waals surface area contributed by atoms with Gasteiger partial charge in [0.15, 0.2) is 0 Å². The van der Waals surface area contributed by atoms with Gasteiger partial charge in [-0.15, -0.1) is 0 Å². The molecule has 126 valence electrons. The Morgan fingerprint density at radius 1 is 0.960 bits per heavy atom. The van der Waals surface area contributed by atoms with Crippen molar-refractivity contribution in [2.75, 3.05) is 10.6 Å². The van der Waals surface area contributed by atoms with E-state index in [2.05, 4.69) is 25.6 Å². The molecule has 1 amide bonds. The van der Waals surface area contributed by atoms with E-state index in [1.807, 2.05) is 51.1 Å². The van der Waals surface area contributed by atoms with E-state index < -0.39 is 0 Å². The van der Waals surface area contributed by atoms with Gasteiger partial charge in [0.05, 0.1) is 0 Å². The molecule has 0 radical (unpaired) electrons. The van der Waals surface area contributed by atoms with E-state index in [4.69, 9.17) is 0 Å². The van der Waals surface area contributed by atoms with Gasteiger partial charge in [-0.1, -0.05) is 6.07 Å². The second-order valence-electron chi connectivity index (χ2n) is 5.80. The Morgan fingerprint density at radius 3 is 2.28 bits per heavy atom. The Morgan fingerprint density at radius 2 is 1.64 bits per heavy atom. The highest BCUT2D eigenvalue weighted by atomic mass is 16.1. The van der Waals surface area contributed by atoms with Gasteiger partial charge in [-0.2, -0.15) is 0 Å². The van der Waals surface area contributed by atoms with Crippen molar-refractivity contribution in [1.29, 1.82) is 0 Å². The van der Waals surface area contributed by atoms with Gasteiger partial charge in [0.25, 0.3) is 5.91 Å². The van der Waals surface area contributed by atoms with Crippen molar-refractivity contribution in [3.05, 3.63) is 71.2 Å². The molecule has 25 heavy (non-hydrogen) atoms. The predicted octanol–water partition coefficient (Wildman–Crippen LogP) is 3.79. The number of nitrogens with one attached hydrogen (secondary N) is 2. The lowest BCUT2D eigenvalue weighted by molar-refractivity contribution is 0.102. The average Bonchev–Trinajstić information content (AvgIpc) is 2.56. The summed E-state index contributed by atoms with van der Waals surface area (Å²) in [5.41, 5.74) is 4.09. The first-order chi connectivity index (χ1) is 12.0. The van der Waals surface area contributed by atoms with Gasteiger partial charge in [-0.3, -0.25) is 4.79 Å². The predicted molar refractivity (Wildman–Crippen MR) is 98.2 cm³/mol. The van der Waals surface area contributed by atoms with Crippen LogP contribution in [-0.2, 0) is 0 Å². The highest BCUT2D eigenvalue weighted by molar-refractivity contribution is 6.04. The molecule has 6 nitrogen and oxygen atoms in total. The SMILES string of the molecule is Cc1cc(C)nc(Nc2ccc(C(=O)Nc3ncccc3C)cc2)n1. The third-order valence-electron chi connectivity index (χ3n) is 3.63. The zero-order valence-electron chi connectivity index (χ0n) is 14.4. The molecule has 6 heteroatoms. The third-order valence-corrected chi connectivity index (χ3v) is 3.63. The standard InChI is InChI=1S/C19H19N5O/c1-12-5-4-10-20-17(12)24-18(25)15-6-8-16(9-7-15)23-19-21-13(2)11-14(3)22-19/h4-11H,1-3H3,(H,20,24,25)(H,21,22,23). The minimum absolute atomic E-state index is 0.198. The summed E-state index contributed by atoms with van der Waals surface area (Å²) in [7, 11) is 0. The van der Waals surface area contributed by atoms with Crippen LogP contribution in [-0.4, -0.2) is 20.9 Å². The minimum atomic E-state index is -0.198. The van der Waals surface area contributed by atoms with Crippen LogP contribution in [0.4, 0.5) is 17.5 Å². The number of rotatable bonds is 4. The first kappa shape index (κ1) is 16.6. The number of amides is 1. The van der Waals surface area contributed by atoms with E-state index in [-0.39, 0.29) is 5.91 Å². The molecule has 0 fully saturated rings. The molecule has 3 rings (SSSR count). The molecule has 0 aliphatic rings. The fourth-order valence-corrected chi connectivity index (χ4v) is 2.41. The van der Waals surface area contributed by atoms with Crippen molar-refractivity contribution < 1.29 is 4.79 Å². The Labute approximate surface area is 146 Å². The van der Waals surface area contributed by atoms with Crippen molar-refractivity contribution in [1.82, 2.24) is 15.0 Å². The van der Waals surface area contributed by atoms with Crippen LogP contribution in [0.1, 0.15) is 27.3 Å². The van der Waals surface area contributed by atoms with E-state index >= 15 is 0 Å². The van der Waals surface area contributed by atoms with E-state index in [0.717, 1.165) is 22.6 Å². The molecular formula is C19H19N5O. The lowest BCUT2D eigenvalue weighted by Crippen LogP contribution is -2.13. The fourth-order valence-electron chi connectivity index (χ4n) is 2.41. The van der Waals surface area contributed by atoms with Gasteiger partial charge in [0.1, 0.15) is 5.82 Å². The summed E-state index contributed by atoms with van der Waals surface area (Å²) in [4.78, 5) is 25.2. The molecule has 2 N–H and O–H groups in total. The quantitative estimate of drug-likeness (QED) is 0.759.